The summed E-state index contributed by atoms with van der Waals surface area (Å²) in [6.07, 6.45) is 1.40. The van der Waals surface area contributed by atoms with Gasteiger partial charge in [0.15, 0.2) is 12.4 Å². The van der Waals surface area contributed by atoms with Crippen molar-refractivity contribution in [3.63, 3.8) is 0 Å². The fourth-order valence-corrected chi connectivity index (χ4v) is 1.86. The van der Waals surface area contributed by atoms with Crippen LogP contribution in [0.3, 0.4) is 0 Å². The molecule has 0 saturated heterocycles. The number of rotatable bonds is 4. The normalized spacial score (nSPS) is 10.1. The summed E-state index contributed by atoms with van der Waals surface area (Å²) in [5, 5.41) is 0.381. The SMILES string of the molecule is O=C(COC(=O)c1cc(Cl)ccn1)c1ccc(Br)cc1. The summed E-state index contributed by atoms with van der Waals surface area (Å²) in [5.74, 6) is -0.967. The summed E-state index contributed by atoms with van der Waals surface area (Å²) in [6, 6.07) is 9.72. The first-order valence-corrected chi connectivity index (χ1v) is 6.81. The first-order chi connectivity index (χ1) is 9.56. The molecule has 0 radical (unpaired) electrons. The van der Waals surface area contributed by atoms with Crippen LogP contribution < -0.4 is 0 Å². The van der Waals surface area contributed by atoms with Gasteiger partial charge in [0, 0.05) is 21.3 Å². The van der Waals surface area contributed by atoms with E-state index >= 15 is 0 Å². The third-order valence-corrected chi connectivity index (χ3v) is 3.20. The summed E-state index contributed by atoms with van der Waals surface area (Å²) >= 11 is 9.02. The van der Waals surface area contributed by atoms with Gasteiger partial charge in [0.05, 0.1) is 0 Å². The molecule has 0 aliphatic rings. The Balaban J connectivity index is 1.96. The van der Waals surface area contributed by atoms with E-state index in [1.54, 1.807) is 30.3 Å². The van der Waals surface area contributed by atoms with E-state index in [9.17, 15) is 9.59 Å². The fourth-order valence-electron chi connectivity index (χ4n) is 1.44. The highest BCUT2D eigenvalue weighted by Crippen LogP contribution is 2.12. The Hall–Kier alpha value is -1.72. The summed E-state index contributed by atoms with van der Waals surface area (Å²) in [6.45, 7) is -0.339. The van der Waals surface area contributed by atoms with Crippen molar-refractivity contribution in [2.45, 2.75) is 0 Å². The molecule has 2 rings (SSSR count). The second-order valence-corrected chi connectivity index (χ2v) is 5.22. The summed E-state index contributed by atoms with van der Waals surface area (Å²) < 4.78 is 5.78. The largest absolute Gasteiger partial charge is 0.453 e. The van der Waals surface area contributed by atoms with Crippen molar-refractivity contribution < 1.29 is 14.3 Å². The highest BCUT2D eigenvalue weighted by molar-refractivity contribution is 9.10. The van der Waals surface area contributed by atoms with Gasteiger partial charge in [0.2, 0.25) is 0 Å². The Labute approximate surface area is 128 Å². The zero-order valence-corrected chi connectivity index (χ0v) is 12.5. The standard InChI is InChI=1S/C14H9BrClNO3/c15-10-3-1-9(2-4-10)13(18)8-20-14(19)12-7-11(16)5-6-17-12/h1-7H,8H2. The van der Waals surface area contributed by atoms with Gasteiger partial charge >= 0.3 is 5.97 Å². The molecule has 102 valence electrons. The van der Waals surface area contributed by atoms with Crippen molar-refractivity contribution in [3.05, 3.63) is 63.3 Å². The number of esters is 1. The molecular weight excluding hydrogens is 346 g/mol. The summed E-state index contributed by atoms with van der Waals surface area (Å²) in [7, 11) is 0. The number of ketones is 1. The predicted molar refractivity (Wildman–Crippen MR) is 78.0 cm³/mol. The van der Waals surface area contributed by atoms with Gasteiger partial charge in [-0.2, -0.15) is 0 Å². The quantitative estimate of drug-likeness (QED) is 0.622. The molecular formula is C14H9BrClNO3. The van der Waals surface area contributed by atoms with Crippen LogP contribution in [0.5, 0.6) is 0 Å². The zero-order valence-electron chi connectivity index (χ0n) is 10.2. The molecule has 0 saturated carbocycles. The minimum Gasteiger partial charge on any atom is -0.453 e. The lowest BCUT2D eigenvalue weighted by atomic mass is 10.1. The zero-order chi connectivity index (χ0) is 14.5. The first kappa shape index (κ1) is 14.7. The van der Waals surface area contributed by atoms with Crippen molar-refractivity contribution >= 4 is 39.3 Å². The van der Waals surface area contributed by atoms with Crippen molar-refractivity contribution in [3.8, 4) is 0 Å². The van der Waals surface area contributed by atoms with Crippen LogP contribution in [0.2, 0.25) is 5.02 Å². The highest BCUT2D eigenvalue weighted by atomic mass is 79.9. The number of benzene rings is 1. The van der Waals surface area contributed by atoms with Crippen molar-refractivity contribution in [2.24, 2.45) is 0 Å². The molecule has 1 heterocycles. The van der Waals surface area contributed by atoms with Crippen molar-refractivity contribution in [1.29, 1.82) is 0 Å². The molecule has 0 bridgehead atoms. The molecule has 0 atom stereocenters. The number of aromatic nitrogens is 1. The molecule has 0 spiro atoms. The number of halogens is 2. The van der Waals surface area contributed by atoms with Gasteiger partial charge in [-0.25, -0.2) is 9.78 Å². The maximum absolute atomic E-state index is 11.8. The van der Waals surface area contributed by atoms with E-state index in [0.717, 1.165) is 4.47 Å². The maximum Gasteiger partial charge on any atom is 0.357 e. The number of ether oxygens (including phenoxy) is 1. The molecule has 20 heavy (non-hydrogen) atoms. The Bertz CT molecular complexity index is 643. The smallest absolute Gasteiger partial charge is 0.357 e. The van der Waals surface area contributed by atoms with Gasteiger partial charge in [-0.15, -0.1) is 0 Å². The van der Waals surface area contributed by atoms with E-state index < -0.39 is 5.97 Å². The minimum absolute atomic E-state index is 0.0705. The van der Waals surface area contributed by atoms with Gasteiger partial charge in [-0.05, 0) is 24.3 Å². The van der Waals surface area contributed by atoms with Crippen LogP contribution in [0.15, 0.2) is 47.1 Å². The van der Waals surface area contributed by atoms with E-state index in [1.165, 1.54) is 12.3 Å². The molecule has 0 amide bonds. The van der Waals surface area contributed by atoms with E-state index in [2.05, 4.69) is 20.9 Å². The topological polar surface area (TPSA) is 56.3 Å². The molecule has 0 fully saturated rings. The summed E-state index contributed by atoms with van der Waals surface area (Å²) in [5.41, 5.74) is 0.543. The van der Waals surface area contributed by atoms with Crippen molar-refractivity contribution in [2.75, 3.05) is 6.61 Å². The second-order valence-electron chi connectivity index (χ2n) is 3.87. The van der Waals surface area contributed by atoms with Gasteiger partial charge in [-0.3, -0.25) is 4.79 Å². The Morgan fingerprint density at radius 2 is 1.90 bits per heavy atom. The lowest BCUT2D eigenvalue weighted by molar-refractivity contribution is 0.0469. The van der Waals surface area contributed by atoms with Crippen LogP contribution in [0.25, 0.3) is 0 Å². The van der Waals surface area contributed by atoms with E-state index in [1.807, 2.05) is 0 Å². The van der Waals surface area contributed by atoms with Crippen LogP contribution in [-0.4, -0.2) is 23.3 Å². The van der Waals surface area contributed by atoms with E-state index in [0.29, 0.717) is 10.6 Å². The average Bonchev–Trinajstić information content (AvgIpc) is 2.45. The number of nitrogens with zero attached hydrogens (tertiary/aromatic N) is 1. The second kappa shape index (κ2) is 6.63. The van der Waals surface area contributed by atoms with Crippen molar-refractivity contribution in [1.82, 2.24) is 4.98 Å². The molecule has 1 aromatic carbocycles. The molecule has 0 unspecified atom stereocenters. The Kier molecular flexibility index (Phi) is 4.87. The Morgan fingerprint density at radius 3 is 2.55 bits per heavy atom. The van der Waals surface area contributed by atoms with Gasteiger partial charge in [0.25, 0.3) is 0 Å². The average molecular weight is 355 g/mol. The number of hydrogen-bond acceptors (Lipinski definition) is 4. The predicted octanol–water partition coefficient (Wildman–Crippen LogP) is 3.54. The molecule has 1 aromatic heterocycles. The third-order valence-electron chi connectivity index (χ3n) is 2.43. The lowest BCUT2D eigenvalue weighted by Gasteiger charge is -2.04. The van der Waals surface area contributed by atoms with Crippen LogP contribution in [0.1, 0.15) is 20.8 Å². The molecule has 6 heteroatoms. The van der Waals surface area contributed by atoms with Gasteiger partial charge < -0.3 is 4.74 Å². The van der Waals surface area contributed by atoms with Crippen LogP contribution >= 0.6 is 27.5 Å². The summed E-state index contributed by atoms with van der Waals surface area (Å²) in [4.78, 5) is 27.3. The highest BCUT2D eigenvalue weighted by Gasteiger charge is 2.13. The molecule has 2 aromatic rings. The third kappa shape index (κ3) is 3.88. The number of carbonyl (C=O) groups excluding carboxylic acids is 2. The Morgan fingerprint density at radius 1 is 1.20 bits per heavy atom. The van der Waals surface area contributed by atoms with Crippen LogP contribution in [0, 0.1) is 0 Å². The fraction of sp³-hybridized carbons (Fsp3) is 0.0714. The van der Waals surface area contributed by atoms with E-state index in [4.69, 9.17) is 16.3 Å². The maximum atomic E-state index is 11.8. The molecule has 0 aliphatic heterocycles. The minimum atomic E-state index is -0.682. The van der Waals surface area contributed by atoms with Crippen LogP contribution in [0.4, 0.5) is 0 Å². The number of pyridine rings is 1. The lowest BCUT2D eigenvalue weighted by Crippen LogP contribution is -2.15. The number of Topliss-reactive ketones (excluding diaryl/α,β-unsaturated/α-hetero) is 1. The number of hydrogen-bond donors (Lipinski definition) is 0. The van der Waals surface area contributed by atoms with Gasteiger partial charge in [0.1, 0.15) is 5.69 Å². The van der Waals surface area contributed by atoms with Crippen LogP contribution in [-0.2, 0) is 4.74 Å². The molecule has 0 aliphatic carbocycles. The molecule has 0 N–H and O–H groups in total. The first-order valence-electron chi connectivity index (χ1n) is 5.64. The number of carbonyl (C=O) groups is 2. The van der Waals surface area contributed by atoms with E-state index in [-0.39, 0.29) is 18.1 Å². The molecule has 4 nitrogen and oxygen atoms in total. The monoisotopic (exact) mass is 353 g/mol. The van der Waals surface area contributed by atoms with Gasteiger partial charge in [-0.1, -0.05) is 39.7 Å².